The second-order valence-electron chi connectivity index (χ2n) is 5.53. The van der Waals surface area contributed by atoms with Gasteiger partial charge in [-0.25, -0.2) is 4.79 Å². The molecule has 0 bridgehead atoms. The van der Waals surface area contributed by atoms with Crippen LogP contribution in [0.4, 0.5) is 0 Å². The largest absolute Gasteiger partial charge is 0.507 e. The lowest BCUT2D eigenvalue weighted by Crippen LogP contribution is -1.98. The number of fused-ring (bicyclic) bond motifs is 2. The zero-order valence-electron chi connectivity index (χ0n) is 12.1. The molecule has 4 heteroatoms. The van der Waals surface area contributed by atoms with Gasteiger partial charge in [0.05, 0.1) is 6.61 Å². The average Bonchev–Trinajstić information content (AvgIpc) is 2.93. The summed E-state index contributed by atoms with van der Waals surface area (Å²) in [5, 5.41) is 11.1. The maximum absolute atomic E-state index is 11.4. The number of hydrogen-bond acceptors (Lipinski definition) is 4. The monoisotopic (exact) mass is 294 g/mol. The highest BCUT2D eigenvalue weighted by atomic mass is 16.5. The van der Waals surface area contributed by atoms with E-state index in [4.69, 9.17) is 9.15 Å². The second kappa shape index (κ2) is 4.63. The van der Waals surface area contributed by atoms with Crippen molar-refractivity contribution in [3.8, 4) is 22.6 Å². The Labute approximate surface area is 126 Å². The van der Waals surface area contributed by atoms with Crippen molar-refractivity contribution in [2.75, 3.05) is 6.61 Å². The summed E-state index contributed by atoms with van der Waals surface area (Å²) >= 11 is 0. The summed E-state index contributed by atoms with van der Waals surface area (Å²) in [6.07, 6.45) is 0.880. The summed E-state index contributed by atoms with van der Waals surface area (Å²) in [6.45, 7) is 2.56. The average molecular weight is 294 g/mol. The fourth-order valence-electron chi connectivity index (χ4n) is 2.94. The van der Waals surface area contributed by atoms with Gasteiger partial charge in [0.25, 0.3) is 0 Å². The summed E-state index contributed by atoms with van der Waals surface area (Å²) < 4.78 is 10.7. The molecule has 0 fully saturated rings. The van der Waals surface area contributed by atoms with Crippen LogP contribution in [0.3, 0.4) is 0 Å². The van der Waals surface area contributed by atoms with Gasteiger partial charge in [-0.1, -0.05) is 6.07 Å². The fourth-order valence-corrected chi connectivity index (χ4v) is 2.94. The van der Waals surface area contributed by atoms with E-state index < -0.39 is 5.63 Å². The van der Waals surface area contributed by atoms with E-state index in [1.165, 1.54) is 12.1 Å². The molecule has 4 rings (SSSR count). The predicted molar refractivity (Wildman–Crippen MR) is 83.5 cm³/mol. The smallest absolute Gasteiger partial charge is 0.336 e. The topological polar surface area (TPSA) is 59.7 Å². The quantitative estimate of drug-likeness (QED) is 0.699. The SMILES string of the molecule is Cc1cc(=O)oc2cc(O)c(-c3ccc4c(c3)CCO4)cc12. The minimum Gasteiger partial charge on any atom is -0.507 e. The molecule has 1 aliphatic rings. The molecule has 0 spiro atoms. The summed E-state index contributed by atoms with van der Waals surface area (Å²) in [7, 11) is 0. The van der Waals surface area contributed by atoms with Crippen LogP contribution in [-0.4, -0.2) is 11.7 Å². The van der Waals surface area contributed by atoms with E-state index in [-0.39, 0.29) is 5.75 Å². The molecule has 0 amide bonds. The first-order valence-electron chi connectivity index (χ1n) is 7.15. The van der Waals surface area contributed by atoms with Crippen molar-refractivity contribution < 1.29 is 14.3 Å². The van der Waals surface area contributed by atoms with Crippen LogP contribution in [0.15, 0.2) is 45.6 Å². The lowest BCUT2D eigenvalue weighted by Gasteiger charge is -2.09. The molecular weight excluding hydrogens is 280 g/mol. The normalized spacial score (nSPS) is 13.1. The van der Waals surface area contributed by atoms with Crippen molar-refractivity contribution >= 4 is 11.0 Å². The van der Waals surface area contributed by atoms with E-state index >= 15 is 0 Å². The molecule has 0 aliphatic carbocycles. The minimum atomic E-state index is -0.410. The van der Waals surface area contributed by atoms with Gasteiger partial charge in [0.1, 0.15) is 17.1 Å². The van der Waals surface area contributed by atoms with E-state index in [0.29, 0.717) is 12.2 Å². The van der Waals surface area contributed by atoms with Crippen molar-refractivity contribution in [1.29, 1.82) is 0 Å². The molecule has 1 N–H and O–H groups in total. The van der Waals surface area contributed by atoms with Crippen LogP contribution in [-0.2, 0) is 6.42 Å². The van der Waals surface area contributed by atoms with Gasteiger partial charge in [-0.05, 0) is 41.8 Å². The van der Waals surface area contributed by atoms with Crippen molar-refractivity contribution in [3.05, 3.63) is 57.9 Å². The van der Waals surface area contributed by atoms with Crippen LogP contribution < -0.4 is 10.4 Å². The molecule has 110 valence electrons. The molecule has 2 aromatic carbocycles. The fraction of sp³-hybridized carbons (Fsp3) is 0.167. The third-order valence-electron chi connectivity index (χ3n) is 4.07. The molecule has 0 radical (unpaired) electrons. The Morgan fingerprint density at radius 3 is 2.86 bits per heavy atom. The lowest BCUT2D eigenvalue weighted by atomic mass is 9.98. The summed E-state index contributed by atoms with van der Waals surface area (Å²) in [5.74, 6) is 1.01. The number of phenolic OH excluding ortho intramolecular Hbond substituents is 1. The zero-order valence-corrected chi connectivity index (χ0v) is 12.1. The highest BCUT2D eigenvalue weighted by Gasteiger charge is 2.15. The Morgan fingerprint density at radius 2 is 2.00 bits per heavy atom. The standard InChI is InChI=1S/C18H14O4/c1-10-6-18(20)22-17-9-15(19)14(8-13(10)17)11-2-3-16-12(7-11)4-5-21-16/h2-3,6-9,19H,4-5H2,1H3. The number of phenols is 1. The Hall–Kier alpha value is -2.75. The number of ether oxygens (including phenoxy) is 1. The maximum Gasteiger partial charge on any atom is 0.336 e. The van der Waals surface area contributed by atoms with Gasteiger partial charge in [0, 0.05) is 29.5 Å². The molecular formula is C18H14O4. The maximum atomic E-state index is 11.4. The van der Waals surface area contributed by atoms with Gasteiger partial charge >= 0.3 is 5.63 Å². The van der Waals surface area contributed by atoms with Crippen molar-refractivity contribution in [2.45, 2.75) is 13.3 Å². The van der Waals surface area contributed by atoms with Crippen LogP contribution in [0.2, 0.25) is 0 Å². The van der Waals surface area contributed by atoms with E-state index in [9.17, 15) is 9.90 Å². The minimum absolute atomic E-state index is 0.0973. The molecule has 3 aromatic rings. The lowest BCUT2D eigenvalue weighted by molar-refractivity contribution is 0.357. The Kier molecular flexibility index (Phi) is 2.73. The summed E-state index contributed by atoms with van der Waals surface area (Å²) in [5.41, 5.74) is 3.61. The van der Waals surface area contributed by atoms with Crippen LogP contribution >= 0.6 is 0 Å². The van der Waals surface area contributed by atoms with Gasteiger partial charge in [-0.2, -0.15) is 0 Å². The Balaban J connectivity index is 1.95. The first-order chi connectivity index (χ1) is 10.6. The molecule has 0 atom stereocenters. The summed E-state index contributed by atoms with van der Waals surface area (Å²) in [4.78, 5) is 11.4. The van der Waals surface area contributed by atoms with E-state index in [0.717, 1.165) is 39.8 Å². The highest BCUT2D eigenvalue weighted by molar-refractivity contribution is 5.89. The van der Waals surface area contributed by atoms with E-state index in [1.54, 1.807) is 0 Å². The first-order valence-corrected chi connectivity index (χ1v) is 7.15. The molecule has 0 saturated heterocycles. The first kappa shape index (κ1) is 13.0. The predicted octanol–water partition coefficient (Wildman–Crippen LogP) is 3.41. The van der Waals surface area contributed by atoms with Crippen LogP contribution in [0.1, 0.15) is 11.1 Å². The zero-order chi connectivity index (χ0) is 15.3. The second-order valence-corrected chi connectivity index (χ2v) is 5.53. The molecule has 0 saturated carbocycles. The van der Waals surface area contributed by atoms with Gasteiger partial charge in [-0.3, -0.25) is 0 Å². The van der Waals surface area contributed by atoms with Crippen molar-refractivity contribution in [2.24, 2.45) is 0 Å². The van der Waals surface area contributed by atoms with Gasteiger partial charge in [0.15, 0.2) is 0 Å². The number of hydrogen-bond donors (Lipinski definition) is 1. The van der Waals surface area contributed by atoms with Gasteiger partial charge < -0.3 is 14.3 Å². The Morgan fingerprint density at radius 1 is 1.14 bits per heavy atom. The van der Waals surface area contributed by atoms with Gasteiger partial charge in [-0.15, -0.1) is 0 Å². The highest BCUT2D eigenvalue weighted by Crippen LogP contribution is 2.37. The van der Waals surface area contributed by atoms with Crippen molar-refractivity contribution in [3.63, 3.8) is 0 Å². The number of aromatic hydroxyl groups is 1. The molecule has 1 aromatic heterocycles. The Bertz CT molecular complexity index is 953. The number of aryl methyl sites for hydroxylation is 1. The molecule has 2 heterocycles. The third-order valence-corrected chi connectivity index (χ3v) is 4.07. The molecule has 1 aliphatic heterocycles. The van der Waals surface area contributed by atoms with Gasteiger partial charge in [0.2, 0.25) is 0 Å². The van der Waals surface area contributed by atoms with Crippen LogP contribution in [0.25, 0.3) is 22.1 Å². The molecule has 0 unspecified atom stereocenters. The van der Waals surface area contributed by atoms with E-state index in [1.807, 2.05) is 31.2 Å². The van der Waals surface area contributed by atoms with Crippen LogP contribution in [0, 0.1) is 6.92 Å². The number of benzene rings is 2. The third kappa shape index (κ3) is 1.96. The summed E-state index contributed by atoms with van der Waals surface area (Å²) in [6, 6.07) is 10.7. The molecule has 4 nitrogen and oxygen atoms in total. The van der Waals surface area contributed by atoms with Crippen molar-refractivity contribution in [1.82, 2.24) is 0 Å². The number of rotatable bonds is 1. The van der Waals surface area contributed by atoms with E-state index in [2.05, 4.69) is 0 Å². The van der Waals surface area contributed by atoms with Crippen LogP contribution in [0.5, 0.6) is 11.5 Å². The molecule has 22 heavy (non-hydrogen) atoms.